The van der Waals surface area contributed by atoms with Gasteiger partial charge in [0, 0.05) is 24.0 Å². The summed E-state index contributed by atoms with van der Waals surface area (Å²) in [6.07, 6.45) is 1.26. The highest BCUT2D eigenvalue weighted by atomic mass is 32.2. The number of rotatable bonds is 4. The fraction of sp³-hybridized carbons (Fsp3) is 0.400. The van der Waals surface area contributed by atoms with Crippen molar-refractivity contribution < 1.29 is 8.42 Å². The van der Waals surface area contributed by atoms with Crippen LogP contribution in [0.25, 0.3) is 11.3 Å². The van der Waals surface area contributed by atoms with Crippen molar-refractivity contribution in [3.05, 3.63) is 65.0 Å². The Hall–Kier alpha value is -2.18. The molecule has 0 amide bonds. The van der Waals surface area contributed by atoms with Gasteiger partial charge < -0.3 is 4.90 Å². The van der Waals surface area contributed by atoms with Crippen LogP contribution in [-0.2, 0) is 15.3 Å². The Balaban J connectivity index is 1.44. The lowest BCUT2D eigenvalue weighted by Gasteiger charge is -2.31. The first-order valence-corrected chi connectivity index (χ1v) is 13.2. The van der Waals surface area contributed by atoms with Gasteiger partial charge >= 0.3 is 0 Å². The number of thiazole rings is 1. The lowest BCUT2D eigenvalue weighted by Crippen LogP contribution is -2.39. The highest BCUT2D eigenvalue weighted by molar-refractivity contribution is 7.92. The summed E-state index contributed by atoms with van der Waals surface area (Å²) in [6.45, 7) is 9.92. The molecule has 3 aromatic rings. The van der Waals surface area contributed by atoms with Crippen LogP contribution >= 0.6 is 11.3 Å². The van der Waals surface area contributed by atoms with E-state index in [9.17, 15) is 8.42 Å². The van der Waals surface area contributed by atoms with E-state index >= 15 is 0 Å². The van der Waals surface area contributed by atoms with Gasteiger partial charge in [0.05, 0.1) is 15.8 Å². The molecular weight excluding hydrogens is 424 g/mol. The maximum Gasteiger partial charge on any atom is 0.185 e. The first kappa shape index (κ1) is 22.0. The van der Waals surface area contributed by atoms with Gasteiger partial charge in [-0.1, -0.05) is 57.2 Å². The molecule has 1 aliphatic rings. The first-order chi connectivity index (χ1) is 14.7. The zero-order chi connectivity index (χ0) is 22.2. The van der Waals surface area contributed by atoms with Crippen molar-refractivity contribution in [1.82, 2.24) is 4.98 Å². The minimum atomic E-state index is -3.32. The maximum atomic E-state index is 13.2. The number of anilines is 1. The Morgan fingerprint density at radius 1 is 1.00 bits per heavy atom. The van der Waals surface area contributed by atoms with Crippen LogP contribution in [0.5, 0.6) is 0 Å². The number of nitrogens with zero attached hydrogens (tertiary/aromatic N) is 2. The number of aryl methyl sites for hydroxylation is 1. The number of sulfone groups is 1. The predicted octanol–water partition coefficient (Wildman–Crippen LogP) is 5.86. The SMILES string of the molecule is Cc1ccccc1-c1csc(N2CCC(S(=O)(=O)c3ccc(C(C)(C)C)cc3)CC2)n1. The van der Waals surface area contributed by atoms with E-state index in [1.807, 2.05) is 24.3 Å². The van der Waals surface area contributed by atoms with E-state index in [-0.39, 0.29) is 10.7 Å². The van der Waals surface area contributed by atoms with Crippen LogP contribution in [0.2, 0.25) is 0 Å². The van der Waals surface area contributed by atoms with Crippen LogP contribution in [0.3, 0.4) is 0 Å². The molecule has 31 heavy (non-hydrogen) atoms. The molecule has 1 aliphatic heterocycles. The van der Waals surface area contributed by atoms with Crippen LogP contribution in [0, 0.1) is 6.92 Å². The first-order valence-electron chi connectivity index (χ1n) is 10.8. The minimum absolute atomic E-state index is 0.0124. The van der Waals surface area contributed by atoms with Crippen LogP contribution < -0.4 is 4.90 Å². The van der Waals surface area contributed by atoms with Crippen LogP contribution in [-0.4, -0.2) is 31.7 Å². The van der Waals surface area contributed by atoms with Gasteiger partial charge in [-0.2, -0.15) is 0 Å². The molecule has 0 radical (unpaired) electrons. The van der Waals surface area contributed by atoms with E-state index in [2.05, 4.69) is 50.1 Å². The molecule has 4 nitrogen and oxygen atoms in total. The largest absolute Gasteiger partial charge is 0.348 e. The molecule has 1 saturated heterocycles. The average molecular weight is 455 g/mol. The molecule has 4 rings (SSSR count). The van der Waals surface area contributed by atoms with Crippen LogP contribution in [0.4, 0.5) is 5.13 Å². The van der Waals surface area contributed by atoms with Crippen molar-refractivity contribution in [2.24, 2.45) is 0 Å². The maximum absolute atomic E-state index is 13.2. The Morgan fingerprint density at radius 3 is 2.26 bits per heavy atom. The van der Waals surface area contributed by atoms with Crippen molar-refractivity contribution in [2.45, 2.75) is 56.1 Å². The molecule has 1 aromatic heterocycles. The Morgan fingerprint density at radius 2 is 1.65 bits per heavy atom. The molecule has 0 unspecified atom stereocenters. The smallest absolute Gasteiger partial charge is 0.185 e. The second-order valence-corrected chi connectivity index (χ2v) is 12.4. The summed E-state index contributed by atoms with van der Waals surface area (Å²) < 4.78 is 26.4. The zero-order valence-electron chi connectivity index (χ0n) is 18.6. The number of hydrogen-bond acceptors (Lipinski definition) is 5. The van der Waals surface area contributed by atoms with Gasteiger partial charge in [-0.25, -0.2) is 13.4 Å². The fourth-order valence-corrected chi connectivity index (χ4v) is 6.70. The highest BCUT2D eigenvalue weighted by Gasteiger charge is 2.32. The second kappa shape index (κ2) is 8.40. The normalized spacial score (nSPS) is 15.9. The third-order valence-electron chi connectivity index (χ3n) is 6.11. The average Bonchev–Trinajstić information content (AvgIpc) is 3.24. The summed E-state index contributed by atoms with van der Waals surface area (Å²) >= 11 is 1.63. The molecule has 6 heteroatoms. The standard InChI is InChI=1S/C25H30N2O2S2/c1-18-7-5-6-8-22(18)23-17-30-24(26-23)27-15-13-21(14-16-27)31(28,29)20-11-9-19(10-12-20)25(2,3)4/h5-12,17,21H,13-16H2,1-4H3. The summed E-state index contributed by atoms with van der Waals surface area (Å²) in [6, 6.07) is 15.7. The third kappa shape index (κ3) is 4.55. The van der Waals surface area contributed by atoms with Crippen molar-refractivity contribution in [1.29, 1.82) is 0 Å². The van der Waals surface area contributed by atoms with Gasteiger partial charge in [0.2, 0.25) is 0 Å². The monoisotopic (exact) mass is 454 g/mol. The lowest BCUT2D eigenvalue weighted by molar-refractivity contribution is 0.529. The predicted molar refractivity (Wildman–Crippen MR) is 130 cm³/mol. The number of hydrogen-bond donors (Lipinski definition) is 0. The topological polar surface area (TPSA) is 50.3 Å². The van der Waals surface area contributed by atoms with E-state index in [0.29, 0.717) is 30.8 Å². The summed E-state index contributed by atoms with van der Waals surface area (Å²) in [7, 11) is -3.32. The Labute approximate surface area is 189 Å². The van der Waals surface area contributed by atoms with Crippen molar-refractivity contribution in [3.63, 3.8) is 0 Å². The van der Waals surface area contributed by atoms with Crippen LogP contribution in [0.15, 0.2) is 58.8 Å². The van der Waals surface area contributed by atoms with E-state index in [4.69, 9.17) is 4.98 Å². The fourth-order valence-electron chi connectivity index (χ4n) is 4.09. The molecule has 2 aromatic carbocycles. The summed E-state index contributed by atoms with van der Waals surface area (Å²) in [5, 5.41) is 2.74. The molecule has 164 valence electrons. The van der Waals surface area contributed by atoms with Gasteiger partial charge in [0.1, 0.15) is 0 Å². The molecule has 0 spiro atoms. The summed E-state index contributed by atoms with van der Waals surface area (Å²) in [5.41, 5.74) is 4.52. The minimum Gasteiger partial charge on any atom is -0.348 e. The summed E-state index contributed by atoms with van der Waals surface area (Å²) in [5.74, 6) is 0. The number of benzene rings is 2. The van der Waals surface area contributed by atoms with Crippen molar-refractivity contribution in [2.75, 3.05) is 18.0 Å². The molecule has 0 atom stereocenters. The highest BCUT2D eigenvalue weighted by Crippen LogP contribution is 2.33. The van der Waals surface area contributed by atoms with E-state index < -0.39 is 9.84 Å². The molecule has 2 heterocycles. The van der Waals surface area contributed by atoms with E-state index in [0.717, 1.165) is 22.0 Å². The molecular formula is C25H30N2O2S2. The molecule has 0 aliphatic carbocycles. The van der Waals surface area contributed by atoms with Gasteiger partial charge in [-0.15, -0.1) is 11.3 Å². The van der Waals surface area contributed by atoms with Gasteiger partial charge in [0.15, 0.2) is 15.0 Å². The third-order valence-corrected chi connectivity index (χ3v) is 9.29. The zero-order valence-corrected chi connectivity index (χ0v) is 20.3. The quantitative estimate of drug-likeness (QED) is 0.495. The Bertz CT molecular complexity index is 1150. The van der Waals surface area contributed by atoms with Crippen LogP contribution in [0.1, 0.15) is 44.7 Å². The lowest BCUT2D eigenvalue weighted by atomic mass is 9.87. The van der Waals surface area contributed by atoms with Gasteiger partial charge in [-0.05, 0) is 48.4 Å². The molecule has 1 fully saturated rings. The number of piperidine rings is 1. The molecule has 0 N–H and O–H groups in total. The summed E-state index contributed by atoms with van der Waals surface area (Å²) in [4.78, 5) is 7.50. The van der Waals surface area contributed by atoms with Gasteiger partial charge in [-0.3, -0.25) is 0 Å². The van der Waals surface area contributed by atoms with Crippen molar-refractivity contribution in [3.8, 4) is 11.3 Å². The van der Waals surface area contributed by atoms with E-state index in [1.54, 1.807) is 23.5 Å². The van der Waals surface area contributed by atoms with Crippen molar-refractivity contribution >= 4 is 26.3 Å². The second-order valence-electron chi connectivity index (χ2n) is 9.34. The molecule has 0 bridgehead atoms. The Kier molecular flexibility index (Phi) is 5.97. The van der Waals surface area contributed by atoms with E-state index in [1.165, 1.54) is 5.56 Å². The number of aromatic nitrogens is 1. The van der Waals surface area contributed by atoms with Gasteiger partial charge in [0.25, 0.3) is 0 Å². The molecule has 0 saturated carbocycles.